The highest BCUT2D eigenvalue weighted by molar-refractivity contribution is 7.92. The second kappa shape index (κ2) is 7.51. The number of aromatic nitrogens is 1. The Morgan fingerprint density at radius 1 is 1.04 bits per heavy atom. The highest BCUT2D eigenvalue weighted by Crippen LogP contribution is 2.35. The maximum absolute atomic E-state index is 13.3. The number of nitrogens with one attached hydrogen (secondary N) is 2. The molecule has 0 atom stereocenters. The second-order valence-corrected chi connectivity index (χ2v) is 10.00. The lowest BCUT2D eigenvalue weighted by Crippen LogP contribution is -2.38. The number of anilines is 1. The first-order valence-electron chi connectivity index (χ1n) is 7.98. The summed E-state index contributed by atoms with van der Waals surface area (Å²) in [6.07, 6.45) is 2.60. The predicted molar refractivity (Wildman–Crippen MR) is 107 cm³/mol. The number of sulfonamides is 2. The van der Waals surface area contributed by atoms with Crippen LogP contribution in [0.25, 0.3) is 10.9 Å². The topological polar surface area (TPSA) is 99.3 Å². The van der Waals surface area contributed by atoms with Crippen LogP contribution in [0.3, 0.4) is 0 Å². The van der Waals surface area contributed by atoms with Gasteiger partial charge in [-0.25, -0.2) is 21.6 Å². The summed E-state index contributed by atoms with van der Waals surface area (Å²) in [4.78, 5) is 3.09. The van der Waals surface area contributed by atoms with Gasteiger partial charge in [-0.2, -0.15) is 0 Å². The first-order valence-corrected chi connectivity index (χ1v) is 11.7. The summed E-state index contributed by atoms with van der Waals surface area (Å²) in [6.45, 7) is -0.172. The van der Waals surface area contributed by atoms with Crippen molar-refractivity contribution < 1.29 is 16.8 Å². The molecule has 0 fully saturated rings. The molecular formula is C17H18ClN3O4S2. The minimum Gasteiger partial charge on any atom is -0.360 e. The summed E-state index contributed by atoms with van der Waals surface area (Å²) >= 11 is 6.26. The van der Waals surface area contributed by atoms with Crippen molar-refractivity contribution >= 4 is 48.2 Å². The summed E-state index contributed by atoms with van der Waals surface area (Å²) in [5.74, 6) is 0. The van der Waals surface area contributed by atoms with Gasteiger partial charge in [0.1, 0.15) is 0 Å². The maximum atomic E-state index is 13.3. The first-order chi connectivity index (χ1) is 12.7. The zero-order valence-corrected chi connectivity index (χ0v) is 16.8. The molecular weight excluding hydrogens is 410 g/mol. The quantitative estimate of drug-likeness (QED) is 0.605. The number of benzene rings is 2. The van der Waals surface area contributed by atoms with Gasteiger partial charge in [0.15, 0.2) is 0 Å². The third kappa shape index (κ3) is 4.27. The molecule has 3 aromatic rings. The molecule has 0 aliphatic heterocycles. The number of nitrogens with zero attached hydrogens (tertiary/aromatic N) is 1. The van der Waals surface area contributed by atoms with Gasteiger partial charge >= 0.3 is 0 Å². The van der Waals surface area contributed by atoms with Crippen molar-refractivity contribution in [3.05, 3.63) is 59.8 Å². The van der Waals surface area contributed by atoms with E-state index < -0.39 is 20.0 Å². The SMILES string of the molecule is CS(=O)(=O)NCCN(c1cccc2[nH]cc(Cl)c12)S(=O)(=O)c1ccccc1. The van der Waals surface area contributed by atoms with Gasteiger partial charge in [-0.05, 0) is 24.3 Å². The lowest BCUT2D eigenvalue weighted by Gasteiger charge is -2.25. The summed E-state index contributed by atoms with van der Waals surface area (Å²) in [5, 5.41) is 0.933. The molecule has 0 bridgehead atoms. The Morgan fingerprint density at radius 3 is 2.41 bits per heavy atom. The summed E-state index contributed by atoms with van der Waals surface area (Å²) in [5.41, 5.74) is 1.06. The van der Waals surface area contributed by atoms with Crippen LogP contribution in [0.15, 0.2) is 59.6 Å². The fraction of sp³-hybridized carbons (Fsp3) is 0.176. The third-order valence-electron chi connectivity index (χ3n) is 3.91. The van der Waals surface area contributed by atoms with Crippen LogP contribution in [-0.2, 0) is 20.0 Å². The Morgan fingerprint density at radius 2 is 1.74 bits per heavy atom. The van der Waals surface area contributed by atoms with Crippen molar-refractivity contribution in [1.82, 2.24) is 9.71 Å². The minimum atomic E-state index is -3.93. The fourth-order valence-corrected chi connectivity index (χ4v) is 4.97. The van der Waals surface area contributed by atoms with Crippen LogP contribution in [0.1, 0.15) is 0 Å². The highest BCUT2D eigenvalue weighted by atomic mass is 35.5. The van der Waals surface area contributed by atoms with Gasteiger partial charge < -0.3 is 4.98 Å². The van der Waals surface area contributed by atoms with E-state index >= 15 is 0 Å². The third-order valence-corrected chi connectivity index (χ3v) is 6.77. The molecule has 10 heteroatoms. The molecule has 7 nitrogen and oxygen atoms in total. The number of hydrogen-bond donors (Lipinski definition) is 2. The van der Waals surface area contributed by atoms with Gasteiger partial charge in [-0.3, -0.25) is 4.31 Å². The van der Waals surface area contributed by atoms with E-state index in [1.807, 2.05) is 0 Å². The van der Waals surface area contributed by atoms with Gasteiger partial charge in [0.2, 0.25) is 10.0 Å². The zero-order valence-electron chi connectivity index (χ0n) is 14.4. The van der Waals surface area contributed by atoms with E-state index in [2.05, 4.69) is 9.71 Å². The van der Waals surface area contributed by atoms with Crippen LogP contribution in [0, 0.1) is 0 Å². The van der Waals surface area contributed by atoms with E-state index in [0.29, 0.717) is 21.6 Å². The number of H-pyrrole nitrogens is 1. The molecule has 0 saturated carbocycles. The van der Waals surface area contributed by atoms with Crippen molar-refractivity contribution in [3.63, 3.8) is 0 Å². The van der Waals surface area contributed by atoms with E-state index in [4.69, 9.17) is 11.6 Å². The largest absolute Gasteiger partial charge is 0.360 e. The maximum Gasteiger partial charge on any atom is 0.264 e. The van der Waals surface area contributed by atoms with Gasteiger partial charge in [-0.1, -0.05) is 35.9 Å². The number of halogens is 1. The van der Waals surface area contributed by atoms with E-state index in [1.165, 1.54) is 16.4 Å². The van der Waals surface area contributed by atoms with Crippen LogP contribution in [0.5, 0.6) is 0 Å². The molecule has 27 heavy (non-hydrogen) atoms. The van der Waals surface area contributed by atoms with E-state index in [9.17, 15) is 16.8 Å². The van der Waals surface area contributed by atoms with Crippen LogP contribution in [0.4, 0.5) is 5.69 Å². The van der Waals surface area contributed by atoms with Crippen molar-refractivity contribution in [2.24, 2.45) is 0 Å². The Labute approximate surface area is 163 Å². The molecule has 1 heterocycles. The molecule has 0 unspecified atom stereocenters. The second-order valence-electron chi connectivity index (χ2n) is 5.89. The molecule has 0 saturated heterocycles. The van der Waals surface area contributed by atoms with Crippen molar-refractivity contribution in [2.45, 2.75) is 4.90 Å². The Kier molecular flexibility index (Phi) is 5.48. The average Bonchev–Trinajstić information content (AvgIpc) is 3.00. The zero-order chi connectivity index (χ0) is 19.7. The van der Waals surface area contributed by atoms with Crippen molar-refractivity contribution in [2.75, 3.05) is 23.7 Å². The van der Waals surface area contributed by atoms with Crippen LogP contribution >= 0.6 is 11.6 Å². The van der Waals surface area contributed by atoms with E-state index in [1.54, 1.807) is 42.6 Å². The van der Waals surface area contributed by atoms with Crippen LogP contribution in [-0.4, -0.2) is 41.2 Å². The molecule has 1 aromatic heterocycles. The van der Waals surface area contributed by atoms with E-state index in [-0.39, 0.29) is 18.0 Å². The lowest BCUT2D eigenvalue weighted by molar-refractivity contribution is 0.581. The fourth-order valence-electron chi connectivity index (χ4n) is 2.75. The number of rotatable bonds is 7. The van der Waals surface area contributed by atoms with Gasteiger partial charge in [0.05, 0.1) is 21.9 Å². The summed E-state index contributed by atoms with van der Waals surface area (Å²) < 4.78 is 52.8. The Hall–Kier alpha value is -2.07. The normalized spacial score (nSPS) is 12.4. The molecule has 0 spiro atoms. The number of hydrogen-bond acceptors (Lipinski definition) is 4. The van der Waals surface area contributed by atoms with Gasteiger partial charge in [-0.15, -0.1) is 0 Å². The van der Waals surface area contributed by atoms with Gasteiger partial charge in [0, 0.05) is 30.2 Å². The molecule has 0 aliphatic rings. The van der Waals surface area contributed by atoms with Crippen LogP contribution < -0.4 is 9.03 Å². The van der Waals surface area contributed by atoms with Gasteiger partial charge in [0.25, 0.3) is 10.0 Å². The standard InChI is InChI=1S/C17H18ClN3O4S2/c1-26(22,23)20-10-11-21(27(24,25)13-6-3-2-4-7-13)16-9-5-8-15-17(16)14(18)12-19-15/h2-9,12,19-20H,10-11H2,1H3. The minimum absolute atomic E-state index is 0.0800. The molecule has 2 N–H and O–H groups in total. The van der Waals surface area contributed by atoms with Crippen molar-refractivity contribution in [3.8, 4) is 0 Å². The Balaban J connectivity index is 2.11. The predicted octanol–water partition coefficient (Wildman–Crippen LogP) is 2.57. The average molecular weight is 428 g/mol. The Bertz CT molecular complexity index is 1160. The summed E-state index contributed by atoms with van der Waals surface area (Å²) in [6, 6.07) is 13.1. The molecule has 2 aromatic carbocycles. The molecule has 3 rings (SSSR count). The highest BCUT2D eigenvalue weighted by Gasteiger charge is 2.27. The first kappa shape index (κ1) is 19.7. The number of fused-ring (bicyclic) bond motifs is 1. The molecule has 0 radical (unpaired) electrons. The monoisotopic (exact) mass is 427 g/mol. The molecule has 0 aliphatic carbocycles. The van der Waals surface area contributed by atoms with Crippen LogP contribution in [0.2, 0.25) is 5.02 Å². The lowest BCUT2D eigenvalue weighted by atomic mass is 10.2. The summed E-state index contributed by atoms with van der Waals surface area (Å²) in [7, 11) is -7.39. The van der Waals surface area contributed by atoms with E-state index in [0.717, 1.165) is 6.26 Å². The number of aromatic amines is 1. The molecule has 0 amide bonds. The molecule has 144 valence electrons. The van der Waals surface area contributed by atoms with Crippen molar-refractivity contribution in [1.29, 1.82) is 0 Å². The smallest absolute Gasteiger partial charge is 0.264 e.